The Morgan fingerprint density at radius 3 is 2.85 bits per heavy atom. The van der Waals surface area contributed by atoms with E-state index in [-0.39, 0.29) is 17.7 Å². The first-order chi connectivity index (χ1) is 16.1. The van der Waals surface area contributed by atoms with Gasteiger partial charge in [-0.05, 0) is 86.3 Å². The summed E-state index contributed by atoms with van der Waals surface area (Å²) < 4.78 is 13.3. The molecule has 0 spiro atoms. The molecule has 0 bridgehead atoms. The van der Waals surface area contributed by atoms with Gasteiger partial charge in [0.15, 0.2) is 5.82 Å². The molecule has 0 amide bonds. The lowest BCUT2D eigenvalue weighted by Crippen LogP contribution is -2.40. The zero-order valence-corrected chi connectivity index (χ0v) is 19.4. The number of hydrogen-bond acceptors (Lipinski definition) is 7. The molecule has 176 valence electrons. The van der Waals surface area contributed by atoms with Crippen LogP contribution in [0.1, 0.15) is 57.0 Å². The first-order valence-corrected chi connectivity index (χ1v) is 12.0. The summed E-state index contributed by atoms with van der Waals surface area (Å²) >= 11 is 0. The lowest BCUT2D eigenvalue weighted by atomic mass is 9.95. The summed E-state index contributed by atoms with van der Waals surface area (Å²) in [6.07, 6.45) is 4.34. The minimum absolute atomic E-state index is 0.109. The van der Waals surface area contributed by atoms with E-state index in [0.717, 1.165) is 62.0 Å². The van der Waals surface area contributed by atoms with Gasteiger partial charge in [-0.1, -0.05) is 6.92 Å². The second-order valence-electron chi connectivity index (χ2n) is 9.21. The molecular formula is C24H32N6O3. The fraction of sp³-hybridized carbons (Fsp3) is 0.583. The highest BCUT2D eigenvalue weighted by Crippen LogP contribution is 2.31. The zero-order valence-electron chi connectivity index (χ0n) is 19.4. The molecule has 2 fully saturated rings. The predicted molar refractivity (Wildman–Crippen MR) is 124 cm³/mol. The number of tetrazole rings is 1. The number of hydrogen-bond donors (Lipinski definition) is 1. The summed E-state index contributed by atoms with van der Waals surface area (Å²) in [4.78, 5) is 18.7. The molecule has 2 aromatic heterocycles. The van der Waals surface area contributed by atoms with Crippen LogP contribution in [-0.2, 0) is 11.3 Å². The van der Waals surface area contributed by atoms with E-state index in [1.165, 1.54) is 0 Å². The molecule has 2 aliphatic heterocycles. The van der Waals surface area contributed by atoms with Crippen molar-refractivity contribution in [2.24, 2.45) is 5.92 Å². The van der Waals surface area contributed by atoms with E-state index < -0.39 is 0 Å². The number of nitrogens with one attached hydrogen (secondary N) is 1. The van der Waals surface area contributed by atoms with E-state index in [1.54, 1.807) is 0 Å². The van der Waals surface area contributed by atoms with E-state index in [9.17, 15) is 4.79 Å². The van der Waals surface area contributed by atoms with Crippen LogP contribution in [-0.4, -0.2) is 62.5 Å². The summed E-state index contributed by atoms with van der Waals surface area (Å²) in [7, 11) is 0. The minimum atomic E-state index is -0.321. The van der Waals surface area contributed by atoms with Crippen molar-refractivity contribution in [1.29, 1.82) is 0 Å². The Kier molecular flexibility index (Phi) is 6.41. The molecule has 0 unspecified atom stereocenters. The van der Waals surface area contributed by atoms with Gasteiger partial charge in [0.05, 0.1) is 19.3 Å². The third-order valence-electron chi connectivity index (χ3n) is 6.84. The number of piperidine rings is 1. The number of fused-ring (bicyclic) bond motifs is 1. The standard InChI is InChI=1S/C24H32N6O3/c1-3-32-18-6-7-21-17(13-18)14-20(24(31)25-21)22(29-10-8-16(2)9-11-29)23-26-27-28-30(23)15-19-5-4-12-33-19/h6-7,13-14,16,19,22H,3-5,8-12,15H2,1-2H3,(H,25,31)/t19-,22+/m0/s1. The lowest BCUT2D eigenvalue weighted by molar-refractivity contribution is 0.0894. The number of rotatable bonds is 7. The van der Waals surface area contributed by atoms with Crippen LogP contribution in [0.3, 0.4) is 0 Å². The van der Waals surface area contributed by atoms with E-state index in [4.69, 9.17) is 9.47 Å². The van der Waals surface area contributed by atoms with Crippen LogP contribution < -0.4 is 10.3 Å². The molecular weight excluding hydrogens is 420 g/mol. The second-order valence-corrected chi connectivity index (χ2v) is 9.21. The molecule has 2 aliphatic rings. The van der Waals surface area contributed by atoms with Gasteiger partial charge in [-0.2, -0.15) is 0 Å². The van der Waals surface area contributed by atoms with Crippen LogP contribution in [0.15, 0.2) is 29.1 Å². The topological polar surface area (TPSA) is 98.2 Å². The van der Waals surface area contributed by atoms with Crippen molar-refractivity contribution in [2.45, 2.75) is 58.2 Å². The smallest absolute Gasteiger partial charge is 0.253 e. The Morgan fingerprint density at radius 1 is 1.24 bits per heavy atom. The lowest BCUT2D eigenvalue weighted by Gasteiger charge is -2.36. The molecule has 0 aliphatic carbocycles. The monoisotopic (exact) mass is 452 g/mol. The van der Waals surface area contributed by atoms with Gasteiger partial charge >= 0.3 is 0 Å². The van der Waals surface area contributed by atoms with Crippen LogP contribution in [0.5, 0.6) is 5.75 Å². The van der Waals surface area contributed by atoms with E-state index in [2.05, 4.69) is 32.3 Å². The summed E-state index contributed by atoms with van der Waals surface area (Å²) in [6.45, 7) is 8.01. The summed E-state index contributed by atoms with van der Waals surface area (Å²) in [6, 6.07) is 7.41. The van der Waals surface area contributed by atoms with Gasteiger partial charge in [0, 0.05) is 23.1 Å². The Morgan fingerprint density at radius 2 is 2.09 bits per heavy atom. The SMILES string of the molecule is CCOc1ccc2[nH]c(=O)c([C@H](c3nnnn3C[C@@H]3CCCO3)N3CCC(C)CC3)cc2c1. The molecule has 9 nitrogen and oxygen atoms in total. The fourth-order valence-corrected chi connectivity index (χ4v) is 4.97. The third kappa shape index (κ3) is 4.65. The number of benzene rings is 1. The van der Waals surface area contributed by atoms with Crippen LogP contribution >= 0.6 is 0 Å². The van der Waals surface area contributed by atoms with Gasteiger partial charge in [-0.25, -0.2) is 4.68 Å². The van der Waals surface area contributed by atoms with Crippen LogP contribution in [0.4, 0.5) is 0 Å². The van der Waals surface area contributed by atoms with Gasteiger partial charge in [0.25, 0.3) is 5.56 Å². The summed E-state index contributed by atoms with van der Waals surface area (Å²) in [5.74, 6) is 2.16. The summed E-state index contributed by atoms with van der Waals surface area (Å²) in [5.41, 5.74) is 1.34. The molecule has 1 N–H and O–H groups in total. The Hall–Kier alpha value is -2.78. The quantitative estimate of drug-likeness (QED) is 0.588. The highest BCUT2D eigenvalue weighted by atomic mass is 16.5. The maximum absolute atomic E-state index is 13.3. The molecule has 1 aromatic carbocycles. The van der Waals surface area contributed by atoms with Gasteiger partial charge in [0.1, 0.15) is 11.8 Å². The molecule has 0 radical (unpaired) electrons. The van der Waals surface area contributed by atoms with E-state index in [1.807, 2.05) is 35.9 Å². The average Bonchev–Trinajstić information content (AvgIpc) is 3.49. The predicted octanol–water partition coefficient (Wildman–Crippen LogP) is 2.91. The molecule has 5 rings (SSSR count). The Bertz CT molecular complexity index is 1140. The highest BCUT2D eigenvalue weighted by molar-refractivity contribution is 5.80. The molecule has 2 atom stereocenters. The van der Waals surface area contributed by atoms with Crippen molar-refractivity contribution >= 4 is 10.9 Å². The molecule has 9 heteroatoms. The number of H-pyrrole nitrogens is 1. The number of likely N-dealkylation sites (tertiary alicyclic amines) is 1. The first-order valence-electron chi connectivity index (χ1n) is 12.0. The number of aromatic amines is 1. The molecule has 4 heterocycles. The largest absolute Gasteiger partial charge is 0.494 e. The number of nitrogens with zero attached hydrogens (tertiary/aromatic N) is 5. The van der Waals surface area contributed by atoms with Crippen LogP contribution in [0, 0.1) is 5.92 Å². The second kappa shape index (κ2) is 9.61. The third-order valence-corrected chi connectivity index (χ3v) is 6.84. The van der Waals surface area contributed by atoms with Gasteiger partial charge in [0.2, 0.25) is 0 Å². The van der Waals surface area contributed by atoms with Crippen molar-refractivity contribution < 1.29 is 9.47 Å². The van der Waals surface area contributed by atoms with Crippen molar-refractivity contribution in [3.63, 3.8) is 0 Å². The zero-order chi connectivity index (χ0) is 22.8. The van der Waals surface area contributed by atoms with Crippen molar-refractivity contribution in [3.8, 4) is 5.75 Å². The first kappa shape index (κ1) is 22.0. The Balaban J connectivity index is 1.58. The van der Waals surface area contributed by atoms with E-state index in [0.29, 0.717) is 30.5 Å². The Labute approximate surface area is 193 Å². The van der Waals surface area contributed by atoms with E-state index >= 15 is 0 Å². The number of ether oxygens (including phenoxy) is 2. The van der Waals surface area contributed by atoms with Crippen LogP contribution in [0.2, 0.25) is 0 Å². The normalized spacial score (nSPS) is 21.0. The highest BCUT2D eigenvalue weighted by Gasteiger charge is 2.33. The van der Waals surface area contributed by atoms with Gasteiger partial charge in [-0.15, -0.1) is 5.10 Å². The summed E-state index contributed by atoms with van der Waals surface area (Å²) in [5, 5.41) is 13.6. The average molecular weight is 453 g/mol. The van der Waals surface area contributed by atoms with Crippen LogP contribution in [0.25, 0.3) is 10.9 Å². The number of aromatic nitrogens is 5. The molecule has 33 heavy (non-hydrogen) atoms. The van der Waals surface area contributed by atoms with Gasteiger partial charge in [-0.3, -0.25) is 9.69 Å². The maximum Gasteiger partial charge on any atom is 0.253 e. The molecule has 0 saturated carbocycles. The van der Waals surface area contributed by atoms with Crippen molar-refractivity contribution in [1.82, 2.24) is 30.1 Å². The van der Waals surface area contributed by atoms with Gasteiger partial charge < -0.3 is 14.5 Å². The fourth-order valence-electron chi connectivity index (χ4n) is 4.97. The number of pyridine rings is 1. The van der Waals surface area contributed by atoms with Crippen molar-refractivity contribution in [2.75, 3.05) is 26.3 Å². The molecule has 3 aromatic rings. The minimum Gasteiger partial charge on any atom is -0.494 e. The van der Waals surface area contributed by atoms with Crippen molar-refractivity contribution in [3.05, 3.63) is 46.0 Å². The maximum atomic E-state index is 13.3. The molecule has 2 saturated heterocycles.